The summed E-state index contributed by atoms with van der Waals surface area (Å²) in [6, 6.07) is 3.95. The molecule has 0 radical (unpaired) electrons. The van der Waals surface area contributed by atoms with Gasteiger partial charge in [0, 0.05) is 38.9 Å². The van der Waals surface area contributed by atoms with Crippen molar-refractivity contribution in [3.05, 3.63) is 23.9 Å². The minimum absolute atomic E-state index is 0.110. The van der Waals surface area contributed by atoms with Gasteiger partial charge in [0.15, 0.2) is 0 Å². The molecule has 0 spiro atoms. The molecule has 3 heterocycles. The van der Waals surface area contributed by atoms with Gasteiger partial charge in [-0.05, 0) is 37.9 Å². The van der Waals surface area contributed by atoms with Crippen molar-refractivity contribution < 1.29 is 4.79 Å². The lowest BCUT2D eigenvalue weighted by Crippen LogP contribution is -2.34. The summed E-state index contributed by atoms with van der Waals surface area (Å²) in [5.41, 5.74) is 0.709. The highest BCUT2D eigenvalue weighted by Crippen LogP contribution is 2.18. The number of rotatable bonds is 2. The number of pyridine rings is 1. The molecule has 2 aliphatic rings. The first-order chi connectivity index (χ1) is 10.8. The van der Waals surface area contributed by atoms with E-state index < -0.39 is 0 Å². The summed E-state index contributed by atoms with van der Waals surface area (Å²) in [7, 11) is 0. The molecule has 0 aromatic carbocycles. The Morgan fingerprint density at radius 2 is 1.77 bits per heavy atom. The normalized spacial score (nSPS) is 20.4. The smallest absolute Gasteiger partial charge is 0.255 e. The van der Waals surface area contributed by atoms with Crippen LogP contribution in [0.3, 0.4) is 0 Å². The van der Waals surface area contributed by atoms with E-state index in [0.29, 0.717) is 5.56 Å². The third-order valence-electron chi connectivity index (χ3n) is 4.55. The van der Waals surface area contributed by atoms with Crippen LogP contribution in [0, 0.1) is 0 Å². The highest BCUT2D eigenvalue weighted by Gasteiger charge is 2.18. The third-order valence-corrected chi connectivity index (χ3v) is 4.55. The molecule has 0 unspecified atom stereocenters. The molecule has 120 valence electrons. The van der Waals surface area contributed by atoms with Crippen molar-refractivity contribution in [2.45, 2.75) is 32.1 Å². The highest BCUT2D eigenvalue weighted by molar-refractivity contribution is 5.94. The van der Waals surface area contributed by atoms with Crippen molar-refractivity contribution in [2.24, 2.45) is 0 Å². The highest BCUT2D eigenvalue weighted by atomic mass is 16.2. The lowest BCUT2D eigenvalue weighted by molar-refractivity contribution is 0.0766. The number of carbonyl (C=O) groups excluding carboxylic acids is 1. The maximum atomic E-state index is 12.5. The minimum atomic E-state index is 0.110. The van der Waals surface area contributed by atoms with Gasteiger partial charge in [0.1, 0.15) is 5.82 Å². The Bertz CT molecular complexity index is 472. The molecule has 0 saturated carbocycles. The quantitative estimate of drug-likeness (QED) is 0.906. The van der Waals surface area contributed by atoms with E-state index in [-0.39, 0.29) is 5.91 Å². The number of hydrogen-bond donors (Lipinski definition) is 1. The molecule has 5 heteroatoms. The van der Waals surface area contributed by atoms with Gasteiger partial charge in [0.05, 0.1) is 5.56 Å². The first-order valence-corrected chi connectivity index (χ1v) is 8.55. The summed E-state index contributed by atoms with van der Waals surface area (Å²) in [6.45, 7) is 5.66. The lowest BCUT2D eigenvalue weighted by Gasteiger charge is -2.22. The van der Waals surface area contributed by atoms with Gasteiger partial charge in [-0.2, -0.15) is 0 Å². The fraction of sp³-hybridized carbons (Fsp3) is 0.647. The van der Waals surface area contributed by atoms with Gasteiger partial charge in [-0.1, -0.05) is 12.8 Å². The standard InChI is InChI=1S/C17H26N4O/c22-17(21-12-5-8-18-9-13-21)15-6-7-16(19-14-15)20-10-3-1-2-4-11-20/h6-7,14,18H,1-5,8-13H2. The molecule has 0 aliphatic carbocycles. The molecule has 1 aromatic rings. The van der Waals surface area contributed by atoms with Crippen molar-refractivity contribution in [1.29, 1.82) is 0 Å². The van der Waals surface area contributed by atoms with Crippen LogP contribution in [0.5, 0.6) is 0 Å². The Labute approximate surface area is 132 Å². The van der Waals surface area contributed by atoms with Gasteiger partial charge in [-0.25, -0.2) is 4.98 Å². The Morgan fingerprint density at radius 3 is 2.50 bits per heavy atom. The molecule has 2 saturated heterocycles. The van der Waals surface area contributed by atoms with E-state index in [9.17, 15) is 4.79 Å². The molecule has 1 amide bonds. The van der Waals surface area contributed by atoms with E-state index in [1.165, 1.54) is 25.7 Å². The monoisotopic (exact) mass is 302 g/mol. The average molecular weight is 302 g/mol. The molecule has 2 fully saturated rings. The van der Waals surface area contributed by atoms with Gasteiger partial charge < -0.3 is 15.1 Å². The minimum Gasteiger partial charge on any atom is -0.357 e. The topological polar surface area (TPSA) is 48.5 Å². The van der Waals surface area contributed by atoms with Crippen LogP contribution in [0.2, 0.25) is 0 Å². The molecule has 5 nitrogen and oxygen atoms in total. The second-order valence-electron chi connectivity index (χ2n) is 6.20. The van der Waals surface area contributed by atoms with Crippen LogP contribution in [-0.2, 0) is 0 Å². The number of nitrogens with zero attached hydrogens (tertiary/aromatic N) is 3. The summed E-state index contributed by atoms with van der Waals surface area (Å²) >= 11 is 0. The van der Waals surface area contributed by atoms with Gasteiger partial charge in [0.2, 0.25) is 0 Å². The second-order valence-corrected chi connectivity index (χ2v) is 6.20. The van der Waals surface area contributed by atoms with Crippen LogP contribution in [0.4, 0.5) is 5.82 Å². The zero-order chi connectivity index (χ0) is 15.2. The Balaban J connectivity index is 1.66. The predicted molar refractivity (Wildman–Crippen MR) is 88.3 cm³/mol. The van der Waals surface area contributed by atoms with Gasteiger partial charge in [-0.15, -0.1) is 0 Å². The molecule has 1 N–H and O–H groups in total. The number of amides is 1. The number of nitrogens with one attached hydrogen (secondary N) is 1. The van der Waals surface area contributed by atoms with Gasteiger partial charge in [-0.3, -0.25) is 4.79 Å². The fourth-order valence-corrected chi connectivity index (χ4v) is 3.23. The molecular formula is C17H26N4O. The summed E-state index contributed by atoms with van der Waals surface area (Å²) in [5, 5.41) is 3.33. The molecule has 2 aliphatic heterocycles. The van der Waals surface area contributed by atoms with Crippen LogP contribution in [0.25, 0.3) is 0 Å². The van der Waals surface area contributed by atoms with E-state index in [1.54, 1.807) is 6.20 Å². The van der Waals surface area contributed by atoms with Crippen LogP contribution >= 0.6 is 0 Å². The second kappa shape index (κ2) is 7.58. The van der Waals surface area contributed by atoms with Gasteiger partial charge in [0.25, 0.3) is 5.91 Å². The van der Waals surface area contributed by atoms with Gasteiger partial charge >= 0.3 is 0 Å². The molecule has 0 atom stereocenters. The summed E-state index contributed by atoms with van der Waals surface area (Å²) < 4.78 is 0. The van der Waals surface area contributed by atoms with Crippen LogP contribution in [0.1, 0.15) is 42.5 Å². The third kappa shape index (κ3) is 3.77. The van der Waals surface area contributed by atoms with Crippen LogP contribution < -0.4 is 10.2 Å². The number of anilines is 1. The van der Waals surface area contributed by atoms with Crippen LogP contribution in [0.15, 0.2) is 18.3 Å². The fourth-order valence-electron chi connectivity index (χ4n) is 3.23. The Hall–Kier alpha value is -1.62. The van der Waals surface area contributed by atoms with Crippen molar-refractivity contribution >= 4 is 11.7 Å². The average Bonchev–Trinajstić information content (AvgIpc) is 2.99. The maximum absolute atomic E-state index is 12.5. The van der Waals surface area contributed by atoms with E-state index in [1.807, 2.05) is 17.0 Å². The van der Waals surface area contributed by atoms with E-state index >= 15 is 0 Å². The largest absolute Gasteiger partial charge is 0.357 e. The van der Waals surface area contributed by atoms with Crippen molar-refractivity contribution in [2.75, 3.05) is 44.2 Å². The van der Waals surface area contributed by atoms with Crippen molar-refractivity contribution in [3.8, 4) is 0 Å². The SMILES string of the molecule is O=C(c1ccc(N2CCCCCC2)nc1)N1CCCNCC1. The van der Waals surface area contributed by atoms with E-state index in [4.69, 9.17) is 0 Å². The molecular weight excluding hydrogens is 276 g/mol. The Kier molecular flexibility index (Phi) is 5.27. The van der Waals surface area contributed by atoms with Crippen molar-refractivity contribution in [1.82, 2.24) is 15.2 Å². The zero-order valence-corrected chi connectivity index (χ0v) is 13.3. The lowest BCUT2D eigenvalue weighted by atomic mass is 10.2. The summed E-state index contributed by atoms with van der Waals surface area (Å²) in [5.74, 6) is 1.12. The van der Waals surface area contributed by atoms with Crippen LogP contribution in [-0.4, -0.2) is 55.1 Å². The van der Waals surface area contributed by atoms with E-state index in [2.05, 4.69) is 15.2 Å². The molecule has 1 aromatic heterocycles. The number of hydrogen-bond acceptors (Lipinski definition) is 4. The number of carbonyl (C=O) groups is 1. The molecule has 3 rings (SSSR count). The first-order valence-electron chi connectivity index (χ1n) is 8.55. The predicted octanol–water partition coefficient (Wildman–Crippen LogP) is 1.90. The summed E-state index contributed by atoms with van der Waals surface area (Å²) in [4.78, 5) is 21.4. The zero-order valence-electron chi connectivity index (χ0n) is 13.3. The number of aromatic nitrogens is 1. The summed E-state index contributed by atoms with van der Waals surface area (Å²) in [6.07, 6.45) is 7.88. The molecule has 22 heavy (non-hydrogen) atoms. The van der Waals surface area contributed by atoms with E-state index in [0.717, 1.165) is 51.5 Å². The Morgan fingerprint density at radius 1 is 0.955 bits per heavy atom. The maximum Gasteiger partial charge on any atom is 0.255 e. The van der Waals surface area contributed by atoms with Crippen molar-refractivity contribution in [3.63, 3.8) is 0 Å². The molecule has 0 bridgehead atoms. The first kappa shape index (κ1) is 15.3.